The van der Waals surface area contributed by atoms with Gasteiger partial charge in [0.1, 0.15) is 22.6 Å². The number of sulfonamides is 1. The molecule has 0 aliphatic carbocycles. The molecule has 0 aliphatic rings. The van der Waals surface area contributed by atoms with Crippen molar-refractivity contribution in [3.63, 3.8) is 0 Å². The summed E-state index contributed by atoms with van der Waals surface area (Å²) in [5.41, 5.74) is 4.19. The maximum Gasteiger partial charge on any atom is 0.263 e. The molecule has 9 nitrogen and oxygen atoms in total. The second-order valence-electron chi connectivity index (χ2n) is 9.73. The molecule has 4 aromatic carbocycles. The van der Waals surface area contributed by atoms with Gasteiger partial charge in [-0.2, -0.15) is 0 Å². The van der Waals surface area contributed by atoms with Gasteiger partial charge in [0, 0.05) is 12.2 Å². The summed E-state index contributed by atoms with van der Waals surface area (Å²) in [7, 11) is -2.56. The van der Waals surface area contributed by atoms with Gasteiger partial charge in [-0.05, 0) is 61.0 Å². The highest BCUT2D eigenvalue weighted by Crippen LogP contribution is 2.35. The molecule has 42 heavy (non-hydrogen) atoms. The van der Waals surface area contributed by atoms with Crippen molar-refractivity contribution in [3.05, 3.63) is 120 Å². The summed E-state index contributed by atoms with van der Waals surface area (Å²) in [4.78, 5) is 23.7. The number of fused-ring (bicyclic) bond motifs is 2. The predicted octanol–water partition coefficient (Wildman–Crippen LogP) is 5.62. The Morgan fingerprint density at radius 1 is 0.833 bits per heavy atom. The van der Waals surface area contributed by atoms with E-state index in [9.17, 15) is 13.2 Å². The molecular weight excluding hydrogens is 550 g/mol. The summed E-state index contributed by atoms with van der Waals surface area (Å²) in [6.45, 7) is 2.11. The highest BCUT2D eigenvalue weighted by Gasteiger charge is 2.30. The standard InChI is InChI=1S/C32H27N5O4S/c1-21-12-18-25(19-13-21)42(39,40)36-30-28(32(38)33-20-22-8-4-3-5-9-22)29-31(35-27-11-7-6-10-26(27)34-29)37(30)23-14-16-24(41-2)17-15-23/h3-19,36H,20H2,1-2H3,(H,33,38). The van der Waals surface area contributed by atoms with E-state index in [0.717, 1.165) is 11.1 Å². The summed E-state index contributed by atoms with van der Waals surface area (Å²) in [5.74, 6) is 0.147. The SMILES string of the molecule is COc1ccc(-n2c(NS(=O)(=O)c3ccc(C)cc3)c(C(=O)NCc3ccccc3)c3nc4ccccc4nc32)cc1. The molecule has 0 unspecified atom stereocenters. The van der Waals surface area contributed by atoms with Gasteiger partial charge in [0.05, 0.1) is 23.0 Å². The second-order valence-corrected chi connectivity index (χ2v) is 11.4. The van der Waals surface area contributed by atoms with Crippen LogP contribution in [0.25, 0.3) is 27.9 Å². The Morgan fingerprint density at radius 2 is 1.48 bits per heavy atom. The average Bonchev–Trinajstić information content (AvgIpc) is 3.31. The lowest BCUT2D eigenvalue weighted by Crippen LogP contribution is -2.25. The van der Waals surface area contributed by atoms with Crippen LogP contribution in [0.1, 0.15) is 21.5 Å². The van der Waals surface area contributed by atoms with Gasteiger partial charge in [-0.25, -0.2) is 18.4 Å². The molecule has 0 aliphatic heterocycles. The highest BCUT2D eigenvalue weighted by molar-refractivity contribution is 7.92. The molecule has 0 fully saturated rings. The van der Waals surface area contributed by atoms with Crippen molar-refractivity contribution in [1.29, 1.82) is 0 Å². The van der Waals surface area contributed by atoms with E-state index < -0.39 is 15.9 Å². The van der Waals surface area contributed by atoms with Crippen LogP contribution in [-0.4, -0.2) is 36.0 Å². The number of aryl methyl sites for hydroxylation is 1. The molecule has 6 rings (SSSR count). The minimum absolute atomic E-state index is 0.0246. The number of aromatic nitrogens is 3. The number of hydrogen-bond donors (Lipinski definition) is 2. The van der Waals surface area contributed by atoms with Crippen molar-refractivity contribution in [3.8, 4) is 11.4 Å². The molecule has 2 N–H and O–H groups in total. The van der Waals surface area contributed by atoms with Crippen LogP contribution in [0, 0.1) is 6.92 Å². The zero-order chi connectivity index (χ0) is 29.3. The number of nitrogens with zero attached hydrogens (tertiary/aromatic N) is 3. The summed E-state index contributed by atoms with van der Waals surface area (Å²) >= 11 is 0. The fraction of sp³-hybridized carbons (Fsp3) is 0.0938. The van der Waals surface area contributed by atoms with Crippen molar-refractivity contribution < 1.29 is 17.9 Å². The van der Waals surface area contributed by atoms with E-state index in [-0.39, 0.29) is 28.3 Å². The Morgan fingerprint density at radius 3 is 2.14 bits per heavy atom. The largest absolute Gasteiger partial charge is 0.497 e. The van der Waals surface area contributed by atoms with E-state index in [1.165, 1.54) is 12.1 Å². The summed E-state index contributed by atoms with van der Waals surface area (Å²) in [6.07, 6.45) is 0. The highest BCUT2D eigenvalue weighted by atomic mass is 32.2. The number of anilines is 1. The van der Waals surface area contributed by atoms with E-state index in [1.54, 1.807) is 54.1 Å². The smallest absolute Gasteiger partial charge is 0.263 e. The van der Waals surface area contributed by atoms with Gasteiger partial charge in [-0.3, -0.25) is 14.1 Å². The third-order valence-corrected chi connectivity index (χ3v) is 8.23. The third kappa shape index (κ3) is 5.15. The normalized spacial score (nSPS) is 11.5. The summed E-state index contributed by atoms with van der Waals surface area (Å²) in [6, 6.07) is 30.3. The lowest BCUT2D eigenvalue weighted by molar-refractivity contribution is 0.0953. The van der Waals surface area contributed by atoms with Crippen molar-refractivity contribution in [2.75, 3.05) is 11.8 Å². The van der Waals surface area contributed by atoms with Gasteiger partial charge in [-0.1, -0.05) is 60.2 Å². The molecule has 2 aromatic heterocycles. The average molecular weight is 578 g/mol. The molecule has 0 atom stereocenters. The van der Waals surface area contributed by atoms with Crippen molar-refractivity contribution in [2.45, 2.75) is 18.4 Å². The van der Waals surface area contributed by atoms with Gasteiger partial charge in [0.15, 0.2) is 5.65 Å². The number of rotatable bonds is 8. The van der Waals surface area contributed by atoms with Crippen LogP contribution in [0.2, 0.25) is 0 Å². The van der Waals surface area contributed by atoms with Gasteiger partial charge >= 0.3 is 0 Å². The van der Waals surface area contributed by atoms with Crippen molar-refractivity contribution in [2.24, 2.45) is 0 Å². The number of amides is 1. The van der Waals surface area contributed by atoms with Crippen LogP contribution in [0.15, 0.2) is 108 Å². The summed E-state index contributed by atoms with van der Waals surface area (Å²) in [5, 5.41) is 2.94. The van der Waals surface area contributed by atoms with Crippen LogP contribution in [0.3, 0.4) is 0 Å². The fourth-order valence-corrected chi connectivity index (χ4v) is 5.77. The van der Waals surface area contributed by atoms with Crippen LogP contribution >= 0.6 is 0 Å². The first-order chi connectivity index (χ1) is 20.3. The number of para-hydroxylation sites is 2. The molecule has 0 saturated heterocycles. The first-order valence-electron chi connectivity index (χ1n) is 13.2. The fourth-order valence-electron chi connectivity index (χ4n) is 4.71. The van der Waals surface area contributed by atoms with Crippen LogP contribution in [-0.2, 0) is 16.6 Å². The van der Waals surface area contributed by atoms with Gasteiger partial charge < -0.3 is 10.1 Å². The van der Waals surface area contributed by atoms with Gasteiger partial charge in [0.2, 0.25) is 0 Å². The first kappa shape index (κ1) is 27.0. The quantitative estimate of drug-likeness (QED) is 0.243. The lowest BCUT2D eigenvalue weighted by Gasteiger charge is -2.15. The number of ether oxygens (including phenoxy) is 1. The molecule has 0 bridgehead atoms. The molecule has 0 saturated carbocycles. The molecule has 2 heterocycles. The van der Waals surface area contributed by atoms with E-state index in [4.69, 9.17) is 14.7 Å². The minimum Gasteiger partial charge on any atom is -0.497 e. The molecule has 0 spiro atoms. The summed E-state index contributed by atoms with van der Waals surface area (Å²) < 4.78 is 37.1. The Balaban J connectivity index is 1.60. The lowest BCUT2D eigenvalue weighted by atomic mass is 10.2. The van der Waals surface area contributed by atoms with E-state index >= 15 is 0 Å². The maximum absolute atomic E-state index is 14.0. The molecule has 210 valence electrons. The Kier molecular flexibility index (Phi) is 7.05. The predicted molar refractivity (Wildman–Crippen MR) is 163 cm³/mol. The van der Waals surface area contributed by atoms with E-state index in [1.807, 2.05) is 55.5 Å². The van der Waals surface area contributed by atoms with Crippen LogP contribution < -0.4 is 14.8 Å². The van der Waals surface area contributed by atoms with Crippen LogP contribution in [0.5, 0.6) is 5.75 Å². The second kappa shape index (κ2) is 11.0. The molecule has 1 amide bonds. The maximum atomic E-state index is 14.0. The Labute approximate surface area is 242 Å². The monoisotopic (exact) mass is 577 g/mol. The number of methoxy groups -OCH3 is 1. The van der Waals surface area contributed by atoms with Gasteiger partial charge in [0.25, 0.3) is 15.9 Å². The first-order valence-corrected chi connectivity index (χ1v) is 14.7. The van der Waals surface area contributed by atoms with Crippen molar-refractivity contribution >= 4 is 43.9 Å². The molecule has 0 radical (unpaired) electrons. The number of carbonyl (C=O) groups excluding carboxylic acids is 1. The molecular formula is C32H27N5O4S. The van der Waals surface area contributed by atoms with Crippen LogP contribution in [0.4, 0.5) is 5.82 Å². The molecule has 6 aromatic rings. The molecule has 10 heteroatoms. The number of hydrogen-bond acceptors (Lipinski definition) is 6. The minimum atomic E-state index is -4.12. The Bertz CT molecular complexity index is 2020. The topological polar surface area (TPSA) is 115 Å². The van der Waals surface area contributed by atoms with Gasteiger partial charge in [-0.15, -0.1) is 0 Å². The third-order valence-electron chi connectivity index (χ3n) is 6.88. The van der Waals surface area contributed by atoms with E-state index in [2.05, 4.69) is 10.0 Å². The van der Waals surface area contributed by atoms with Crippen molar-refractivity contribution in [1.82, 2.24) is 19.9 Å². The zero-order valence-corrected chi connectivity index (χ0v) is 23.7. The Hall–Kier alpha value is -5.22. The number of nitrogens with one attached hydrogen (secondary N) is 2. The number of carbonyl (C=O) groups is 1. The number of benzene rings is 4. The van der Waals surface area contributed by atoms with E-state index in [0.29, 0.717) is 28.1 Å². The zero-order valence-electron chi connectivity index (χ0n) is 22.9.